The molecule has 2 aromatic rings. The third-order valence-corrected chi connectivity index (χ3v) is 5.71. The summed E-state index contributed by atoms with van der Waals surface area (Å²) in [7, 11) is 0. The molecule has 0 radical (unpaired) electrons. The molecule has 0 aliphatic carbocycles. The molecule has 0 saturated carbocycles. The first-order valence-corrected chi connectivity index (χ1v) is 11.7. The van der Waals surface area contributed by atoms with Gasteiger partial charge in [0.15, 0.2) is 6.61 Å². The molecule has 1 fully saturated rings. The van der Waals surface area contributed by atoms with Gasteiger partial charge in [0, 0.05) is 25.1 Å². The van der Waals surface area contributed by atoms with Crippen LogP contribution in [0.1, 0.15) is 67.4 Å². The van der Waals surface area contributed by atoms with Crippen LogP contribution in [0.3, 0.4) is 0 Å². The number of carbonyl (C=O) groups is 3. The minimum absolute atomic E-state index is 0.0330. The molecule has 182 valence electrons. The van der Waals surface area contributed by atoms with Gasteiger partial charge in [-0.2, -0.15) is 0 Å². The molecule has 1 aliphatic rings. The second kappa shape index (κ2) is 11.2. The third kappa shape index (κ3) is 7.61. The lowest BCUT2D eigenvalue weighted by molar-refractivity contribution is -0.154. The van der Waals surface area contributed by atoms with Gasteiger partial charge in [-0.05, 0) is 81.3 Å². The van der Waals surface area contributed by atoms with Crippen molar-refractivity contribution in [1.29, 1.82) is 0 Å². The molecule has 34 heavy (non-hydrogen) atoms. The zero-order chi connectivity index (χ0) is 24.7. The Labute approximate surface area is 200 Å². The lowest BCUT2D eigenvalue weighted by Gasteiger charge is -2.32. The SMILES string of the molecule is CC(C)(C)OC(=O)CCc1cccc(C2CCN(C(=O)c3ccc(OCC(=O)O)cc3)CC2)c1. The van der Waals surface area contributed by atoms with Crippen molar-refractivity contribution < 1.29 is 29.0 Å². The molecule has 1 aliphatic heterocycles. The summed E-state index contributed by atoms with van der Waals surface area (Å²) in [6.07, 6.45) is 2.75. The van der Waals surface area contributed by atoms with Gasteiger partial charge in [0.25, 0.3) is 5.91 Å². The predicted molar refractivity (Wildman–Crippen MR) is 128 cm³/mol. The number of hydrogen-bond acceptors (Lipinski definition) is 5. The maximum atomic E-state index is 12.9. The van der Waals surface area contributed by atoms with Gasteiger partial charge in [-0.3, -0.25) is 9.59 Å². The molecular formula is C27H33NO6. The number of amides is 1. The highest BCUT2D eigenvalue weighted by molar-refractivity contribution is 5.94. The molecular weight excluding hydrogens is 434 g/mol. The van der Waals surface area contributed by atoms with Crippen molar-refractivity contribution in [2.24, 2.45) is 0 Å². The second-order valence-corrected chi connectivity index (χ2v) is 9.60. The van der Waals surface area contributed by atoms with Crippen LogP contribution in [-0.2, 0) is 20.7 Å². The van der Waals surface area contributed by atoms with E-state index in [4.69, 9.17) is 14.6 Å². The average Bonchev–Trinajstić information content (AvgIpc) is 2.80. The molecule has 7 nitrogen and oxygen atoms in total. The van der Waals surface area contributed by atoms with Gasteiger partial charge in [0.2, 0.25) is 0 Å². The van der Waals surface area contributed by atoms with Crippen LogP contribution in [0.25, 0.3) is 0 Å². The van der Waals surface area contributed by atoms with Crippen LogP contribution in [-0.4, -0.2) is 53.1 Å². The first-order chi connectivity index (χ1) is 16.1. The second-order valence-electron chi connectivity index (χ2n) is 9.60. The highest BCUT2D eigenvalue weighted by Gasteiger charge is 2.25. The molecule has 1 N–H and O–H groups in total. The van der Waals surface area contributed by atoms with Crippen LogP contribution >= 0.6 is 0 Å². The fourth-order valence-electron chi connectivity index (χ4n) is 4.08. The Kier molecular flexibility index (Phi) is 8.31. The number of aryl methyl sites for hydroxylation is 1. The van der Waals surface area contributed by atoms with Crippen LogP contribution in [0.2, 0.25) is 0 Å². The van der Waals surface area contributed by atoms with E-state index in [2.05, 4.69) is 12.1 Å². The van der Waals surface area contributed by atoms with E-state index in [0.717, 1.165) is 18.4 Å². The van der Waals surface area contributed by atoms with Crippen LogP contribution in [0.4, 0.5) is 0 Å². The van der Waals surface area contributed by atoms with Crippen LogP contribution in [0, 0.1) is 0 Å². The van der Waals surface area contributed by atoms with Gasteiger partial charge in [-0.1, -0.05) is 24.3 Å². The normalized spacial score (nSPS) is 14.5. The number of carboxylic acid groups (broad SMARTS) is 1. The Hall–Kier alpha value is -3.35. The first-order valence-electron chi connectivity index (χ1n) is 11.7. The van der Waals surface area contributed by atoms with E-state index in [0.29, 0.717) is 43.2 Å². The topological polar surface area (TPSA) is 93.1 Å². The largest absolute Gasteiger partial charge is 0.482 e. The monoisotopic (exact) mass is 467 g/mol. The quantitative estimate of drug-likeness (QED) is 0.577. The first kappa shape index (κ1) is 25.3. The van der Waals surface area contributed by atoms with Gasteiger partial charge in [0.1, 0.15) is 11.4 Å². The van der Waals surface area contributed by atoms with Crippen molar-refractivity contribution in [2.45, 2.75) is 58.0 Å². The van der Waals surface area contributed by atoms with Crippen molar-refractivity contribution in [3.63, 3.8) is 0 Å². The molecule has 7 heteroatoms. The molecule has 0 spiro atoms. The van der Waals surface area contributed by atoms with E-state index in [1.807, 2.05) is 37.8 Å². The number of ether oxygens (including phenoxy) is 2. The number of likely N-dealkylation sites (tertiary alicyclic amines) is 1. The number of aliphatic carboxylic acids is 1. The summed E-state index contributed by atoms with van der Waals surface area (Å²) in [6, 6.07) is 14.9. The van der Waals surface area contributed by atoms with Crippen molar-refractivity contribution in [2.75, 3.05) is 19.7 Å². The molecule has 2 aromatic carbocycles. The maximum Gasteiger partial charge on any atom is 0.341 e. The zero-order valence-corrected chi connectivity index (χ0v) is 20.1. The number of nitrogens with zero attached hydrogens (tertiary/aromatic N) is 1. The number of benzene rings is 2. The van der Waals surface area contributed by atoms with Crippen molar-refractivity contribution in [3.8, 4) is 5.75 Å². The summed E-state index contributed by atoms with van der Waals surface area (Å²) >= 11 is 0. The highest BCUT2D eigenvalue weighted by Crippen LogP contribution is 2.29. The van der Waals surface area contributed by atoms with Gasteiger partial charge >= 0.3 is 11.9 Å². The maximum absolute atomic E-state index is 12.9. The van der Waals surface area contributed by atoms with Crippen molar-refractivity contribution in [1.82, 2.24) is 4.90 Å². The Morgan fingerprint density at radius 3 is 2.32 bits per heavy atom. The number of carbonyl (C=O) groups excluding carboxylic acids is 2. The van der Waals surface area contributed by atoms with Gasteiger partial charge in [-0.25, -0.2) is 4.79 Å². The smallest absolute Gasteiger partial charge is 0.341 e. The molecule has 0 aromatic heterocycles. The Bertz CT molecular complexity index is 1000. The summed E-state index contributed by atoms with van der Waals surface area (Å²) in [5.74, 6) is -0.473. The summed E-state index contributed by atoms with van der Waals surface area (Å²) < 4.78 is 10.5. The summed E-state index contributed by atoms with van der Waals surface area (Å²) in [6.45, 7) is 6.53. The van der Waals surface area contributed by atoms with E-state index >= 15 is 0 Å². The zero-order valence-electron chi connectivity index (χ0n) is 20.1. The molecule has 1 heterocycles. The van der Waals surface area contributed by atoms with Gasteiger partial charge in [0.05, 0.1) is 0 Å². The molecule has 0 atom stereocenters. The minimum atomic E-state index is -1.04. The fourth-order valence-corrected chi connectivity index (χ4v) is 4.08. The van der Waals surface area contributed by atoms with Gasteiger partial charge in [-0.15, -0.1) is 0 Å². The Balaban J connectivity index is 1.51. The number of rotatable bonds is 8. The highest BCUT2D eigenvalue weighted by atomic mass is 16.6. The van der Waals surface area contributed by atoms with Crippen LogP contribution in [0.15, 0.2) is 48.5 Å². The van der Waals surface area contributed by atoms with Crippen molar-refractivity contribution in [3.05, 3.63) is 65.2 Å². The van der Waals surface area contributed by atoms with Crippen LogP contribution in [0.5, 0.6) is 5.75 Å². The van der Waals surface area contributed by atoms with Crippen molar-refractivity contribution >= 4 is 17.8 Å². The van der Waals surface area contributed by atoms with Gasteiger partial charge < -0.3 is 19.5 Å². The summed E-state index contributed by atoms with van der Waals surface area (Å²) in [5.41, 5.74) is 2.45. The number of piperidine rings is 1. The van der Waals surface area contributed by atoms with E-state index < -0.39 is 18.2 Å². The molecule has 0 bridgehead atoms. The number of hydrogen-bond donors (Lipinski definition) is 1. The lowest BCUT2D eigenvalue weighted by Crippen LogP contribution is -2.37. The Morgan fingerprint density at radius 2 is 1.71 bits per heavy atom. The summed E-state index contributed by atoms with van der Waals surface area (Å²) in [4.78, 5) is 37.4. The Morgan fingerprint density at radius 1 is 1.03 bits per heavy atom. The fraction of sp³-hybridized carbons (Fsp3) is 0.444. The summed E-state index contributed by atoms with van der Waals surface area (Å²) in [5, 5.41) is 8.69. The van der Waals surface area contributed by atoms with E-state index in [1.54, 1.807) is 24.3 Å². The molecule has 0 unspecified atom stereocenters. The van der Waals surface area contributed by atoms with E-state index in [-0.39, 0.29) is 11.9 Å². The van der Waals surface area contributed by atoms with E-state index in [9.17, 15) is 14.4 Å². The lowest BCUT2D eigenvalue weighted by atomic mass is 9.88. The minimum Gasteiger partial charge on any atom is -0.482 e. The predicted octanol–water partition coefficient (Wildman–Crippen LogP) is 4.44. The number of carboxylic acids is 1. The third-order valence-electron chi connectivity index (χ3n) is 5.71. The molecule has 1 amide bonds. The molecule has 1 saturated heterocycles. The number of esters is 1. The average molecular weight is 468 g/mol. The van der Waals surface area contributed by atoms with Crippen LogP contribution < -0.4 is 4.74 Å². The van der Waals surface area contributed by atoms with E-state index in [1.165, 1.54) is 5.56 Å². The standard InChI is InChI=1S/C27H33NO6/c1-27(2,3)34-25(31)12-7-19-5-4-6-22(17-19)20-13-15-28(16-14-20)26(32)21-8-10-23(11-9-21)33-18-24(29)30/h4-6,8-11,17,20H,7,12-16,18H2,1-3H3,(H,29,30). The molecule has 3 rings (SSSR count).